The van der Waals surface area contributed by atoms with Gasteiger partial charge in [0.2, 0.25) is 0 Å². The molecule has 6 heteroatoms. The SMILES string of the molecule is Cc1[nH]ncc1CCCNC(C)c1cc(F)c(F)c(F)c1. The van der Waals surface area contributed by atoms with Gasteiger partial charge in [0.1, 0.15) is 0 Å². The normalized spacial score (nSPS) is 12.6. The van der Waals surface area contributed by atoms with E-state index < -0.39 is 17.5 Å². The molecule has 1 atom stereocenters. The summed E-state index contributed by atoms with van der Waals surface area (Å²) >= 11 is 0. The molecule has 2 rings (SSSR count). The van der Waals surface area contributed by atoms with Crippen LogP contribution >= 0.6 is 0 Å². The molecular weight excluding hydrogens is 279 g/mol. The molecular formula is C15H18F3N3. The Morgan fingerprint density at radius 2 is 1.90 bits per heavy atom. The maximum atomic E-state index is 13.2. The smallest absolute Gasteiger partial charge is 0.194 e. The Hall–Kier alpha value is -1.82. The number of rotatable bonds is 6. The van der Waals surface area contributed by atoms with Crippen molar-refractivity contribution in [1.29, 1.82) is 0 Å². The van der Waals surface area contributed by atoms with Crippen molar-refractivity contribution in [1.82, 2.24) is 15.5 Å². The molecule has 3 nitrogen and oxygen atoms in total. The number of nitrogens with one attached hydrogen (secondary N) is 2. The van der Waals surface area contributed by atoms with Gasteiger partial charge in [-0.1, -0.05) is 0 Å². The molecule has 1 heterocycles. The second-order valence-corrected chi connectivity index (χ2v) is 5.10. The van der Waals surface area contributed by atoms with Crippen LogP contribution in [0, 0.1) is 24.4 Å². The molecule has 114 valence electrons. The van der Waals surface area contributed by atoms with E-state index in [-0.39, 0.29) is 6.04 Å². The third-order valence-corrected chi connectivity index (χ3v) is 3.51. The van der Waals surface area contributed by atoms with Crippen LogP contribution in [0.3, 0.4) is 0 Å². The van der Waals surface area contributed by atoms with Crippen molar-refractivity contribution in [2.24, 2.45) is 0 Å². The third-order valence-electron chi connectivity index (χ3n) is 3.51. The van der Waals surface area contributed by atoms with Crippen molar-refractivity contribution >= 4 is 0 Å². The first-order valence-corrected chi connectivity index (χ1v) is 6.85. The van der Waals surface area contributed by atoms with E-state index in [1.54, 1.807) is 13.1 Å². The number of hydrogen-bond acceptors (Lipinski definition) is 2. The van der Waals surface area contributed by atoms with Gasteiger partial charge in [-0.2, -0.15) is 5.10 Å². The summed E-state index contributed by atoms with van der Waals surface area (Å²) in [6.07, 6.45) is 3.54. The molecule has 0 amide bonds. The summed E-state index contributed by atoms with van der Waals surface area (Å²) in [5.74, 6) is -3.75. The first kappa shape index (κ1) is 15.6. The molecule has 1 aromatic heterocycles. The lowest BCUT2D eigenvalue weighted by Crippen LogP contribution is -2.20. The van der Waals surface area contributed by atoms with Crippen LogP contribution in [0.5, 0.6) is 0 Å². The first-order chi connectivity index (χ1) is 9.99. The minimum absolute atomic E-state index is 0.250. The van der Waals surface area contributed by atoms with E-state index in [2.05, 4.69) is 15.5 Å². The number of nitrogens with zero attached hydrogens (tertiary/aromatic N) is 1. The molecule has 2 aromatic rings. The quantitative estimate of drug-likeness (QED) is 0.633. The zero-order valence-electron chi connectivity index (χ0n) is 12.0. The molecule has 1 unspecified atom stereocenters. The topological polar surface area (TPSA) is 40.7 Å². The maximum absolute atomic E-state index is 13.2. The summed E-state index contributed by atoms with van der Waals surface area (Å²) < 4.78 is 39.2. The van der Waals surface area contributed by atoms with Gasteiger partial charge in [0.05, 0.1) is 6.20 Å². The maximum Gasteiger partial charge on any atom is 0.194 e. The number of hydrogen-bond donors (Lipinski definition) is 2. The van der Waals surface area contributed by atoms with E-state index in [0.29, 0.717) is 12.1 Å². The Morgan fingerprint density at radius 3 is 2.48 bits per heavy atom. The molecule has 0 radical (unpaired) electrons. The molecule has 2 N–H and O–H groups in total. The Kier molecular flexibility index (Phi) is 5.01. The zero-order valence-corrected chi connectivity index (χ0v) is 12.0. The highest BCUT2D eigenvalue weighted by Crippen LogP contribution is 2.19. The van der Waals surface area contributed by atoms with Crippen molar-refractivity contribution in [2.75, 3.05) is 6.54 Å². The van der Waals surface area contributed by atoms with Crippen LogP contribution in [-0.2, 0) is 6.42 Å². The van der Waals surface area contributed by atoms with Gasteiger partial charge in [0.25, 0.3) is 0 Å². The van der Waals surface area contributed by atoms with Crippen molar-refractivity contribution in [3.05, 3.63) is 52.6 Å². The van der Waals surface area contributed by atoms with E-state index in [0.717, 1.165) is 36.2 Å². The van der Waals surface area contributed by atoms with E-state index in [4.69, 9.17) is 0 Å². The Labute approximate surface area is 121 Å². The number of aromatic nitrogens is 2. The molecule has 0 saturated heterocycles. The van der Waals surface area contributed by atoms with Crippen LogP contribution in [0.15, 0.2) is 18.3 Å². The van der Waals surface area contributed by atoms with E-state index >= 15 is 0 Å². The number of aryl methyl sites for hydroxylation is 2. The van der Waals surface area contributed by atoms with Gasteiger partial charge in [-0.3, -0.25) is 5.10 Å². The molecule has 0 spiro atoms. The predicted molar refractivity (Wildman–Crippen MR) is 74.4 cm³/mol. The van der Waals surface area contributed by atoms with Gasteiger partial charge >= 0.3 is 0 Å². The second kappa shape index (κ2) is 6.76. The van der Waals surface area contributed by atoms with Crippen LogP contribution in [0.1, 0.15) is 36.2 Å². The summed E-state index contributed by atoms with van der Waals surface area (Å²) in [6.45, 7) is 4.43. The van der Waals surface area contributed by atoms with Crippen LogP contribution in [-0.4, -0.2) is 16.7 Å². The zero-order chi connectivity index (χ0) is 15.4. The van der Waals surface area contributed by atoms with E-state index in [9.17, 15) is 13.2 Å². The van der Waals surface area contributed by atoms with Crippen molar-refractivity contribution in [3.63, 3.8) is 0 Å². The molecule has 0 aliphatic carbocycles. The molecule has 21 heavy (non-hydrogen) atoms. The fourth-order valence-corrected chi connectivity index (χ4v) is 2.17. The van der Waals surface area contributed by atoms with Crippen molar-refractivity contribution < 1.29 is 13.2 Å². The van der Waals surface area contributed by atoms with Crippen LogP contribution in [0.2, 0.25) is 0 Å². The van der Waals surface area contributed by atoms with Gasteiger partial charge in [-0.05, 0) is 56.5 Å². The summed E-state index contributed by atoms with van der Waals surface area (Å²) in [7, 11) is 0. The molecule has 0 aliphatic heterocycles. The first-order valence-electron chi connectivity index (χ1n) is 6.85. The van der Waals surface area contributed by atoms with Crippen LogP contribution in [0.25, 0.3) is 0 Å². The summed E-state index contributed by atoms with van der Waals surface area (Å²) in [6, 6.07) is 1.80. The lowest BCUT2D eigenvalue weighted by molar-refractivity contribution is 0.441. The fourth-order valence-electron chi connectivity index (χ4n) is 2.17. The van der Waals surface area contributed by atoms with Gasteiger partial charge < -0.3 is 5.32 Å². The Morgan fingerprint density at radius 1 is 1.24 bits per heavy atom. The largest absolute Gasteiger partial charge is 0.310 e. The average molecular weight is 297 g/mol. The highest BCUT2D eigenvalue weighted by Gasteiger charge is 2.14. The second-order valence-electron chi connectivity index (χ2n) is 5.10. The lowest BCUT2D eigenvalue weighted by atomic mass is 10.1. The standard InChI is InChI=1S/C15H18F3N3/c1-9(12-6-13(16)15(18)14(17)7-12)19-5-3-4-11-8-20-21-10(11)2/h6-9,19H,3-5H2,1-2H3,(H,20,21). The predicted octanol–water partition coefficient (Wildman–Crippen LogP) is 3.42. The van der Waals surface area contributed by atoms with E-state index in [1.165, 1.54) is 0 Å². The monoisotopic (exact) mass is 297 g/mol. The number of H-pyrrole nitrogens is 1. The van der Waals surface area contributed by atoms with Gasteiger partial charge in [-0.25, -0.2) is 13.2 Å². The average Bonchev–Trinajstić information content (AvgIpc) is 2.85. The lowest BCUT2D eigenvalue weighted by Gasteiger charge is -2.14. The number of aromatic amines is 1. The summed E-state index contributed by atoms with van der Waals surface area (Å²) in [4.78, 5) is 0. The van der Waals surface area contributed by atoms with Crippen LogP contribution < -0.4 is 5.32 Å². The van der Waals surface area contributed by atoms with E-state index in [1.807, 2.05) is 6.92 Å². The fraction of sp³-hybridized carbons (Fsp3) is 0.400. The van der Waals surface area contributed by atoms with Crippen molar-refractivity contribution in [2.45, 2.75) is 32.7 Å². The molecule has 0 fully saturated rings. The number of halogens is 3. The van der Waals surface area contributed by atoms with Gasteiger partial charge in [0, 0.05) is 11.7 Å². The summed E-state index contributed by atoms with van der Waals surface area (Å²) in [5, 5.41) is 9.99. The van der Waals surface area contributed by atoms with Gasteiger partial charge in [0.15, 0.2) is 17.5 Å². The minimum Gasteiger partial charge on any atom is -0.310 e. The highest BCUT2D eigenvalue weighted by atomic mass is 19.2. The number of benzene rings is 1. The summed E-state index contributed by atoms with van der Waals surface area (Å²) in [5.41, 5.74) is 2.60. The molecule has 0 saturated carbocycles. The van der Waals surface area contributed by atoms with Gasteiger partial charge in [-0.15, -0.1) is 0 Å². The molecule has 0 aliphatic rings. The third kappa shape index (κ3) is 3.85. The van der Waals surface area contributed by atoms with Crippen molar-refractivity contribution in [3.8, 4) is 0 Å². The molecule has 1 aromatic carbocycles. The van der Waals surface area contributed by atoms with Crippen LogP contribution in [0.4, 0.5) is 13.2 Å². The minimum atomic E-state index is -1.43. The Bertz CT molecular complexity index is 587. The highest BCUT2D eigenvalue weighted by molar-refractivity contribution is 5.22. The Balaban J connectivity index is 1.85. The molecule has 0 bridgehead atoms.